The van der Waals surface area contributed by atoms with Crippen molar-refractivity contribution in [2.75, 3.05) is 6.61 Å². The van der Waals surface area contributed by atoms with E-state index in [1.807, 2.05) is 36.4 Å². The molecule has 1 rings (SSSR count). The van der Waals surface area contributed by atoms with Crippen LogP contribution in [0.1, 0.15) is 5.56 Å². The third-order valence-corrected chi connectivity index (χ3v) is 1.63. The molecule has 0 fully saturated rings. The van der Waals surface area contributed by atoms with Gasteiger partial charge in [-0.25, -0.2) is 0 Å². The van der Waals surface area contributed by atoms with Crippen LogP contribution >= 0.6 is 0 Å². The Labute approximate surface area is 78.1 Å². The van der Waals surface area contributed by atoms with Crippen LogP contribution in [0.15, 0.2) is 36.9 Å². The Morgan fingerprint density at radius 3 is 2.92 bits per heavy atom. The number of benzene rings is 1. The molecule has 0 aliphatic rings. The quantitative estimate of drug-likeness (QED) is 0.654. The zero-order valence-electron chi connectivity index (χ0n) is 7.36. The molecule has 0 spiro atoms. The average Bonchev–Trinajstić information content (AvgIpc) is 2.17. The standard InChI is InChI=1S/C11H11NO/c1-2-5-10-6-3-4-7-11(10)13-9-8-12/h2-4,6-7H,1,5,9H2. The minimum absolute atomic E-state index is 0.0914. The predicted molar refractivity (Wildman–Crippen MR) is 51.5 cm³/mol. The number of hydrogen-bond acceptors (Lipinski definition) is 2. The molecule has 1 aromatic rings. The van der Waals surface area contributed by atoms with Gasteiger partial charge in [-0.15, -0.1) is 6.58 Å². The molecule has 2 heteroatoms. The molecular formula is C11H11NO. The van der Waals surface area contributed by atoms with Gasteiger partial charge in [0.2, 0.25) is 0 Å². The first-order valence-electron chi connectivity index (χ1n) is 4.07. The summed E-state index contributed by atoms with van der Waals surface area (Å²) in [5.74, 6) is 0.768. The summed E-state index contributed by atoms with van der Waals surface area (Å²) in [4.78, 5) is 0. The second kappa shape index (κ2) is 5.00. The summed E-state index contributed by atoms with van der Waals surface area (Å²) in [5.41, 5.74) is 1.06. The molecule has 1 aromatic carbocycles. The Kier molecular flexibility index (Phi) is 3.59. The summed E-state index contributed by atoms with van der Waals surface area (Å²) in [6.07, 6.45) is 2.58. The van der Waals surface area contributed by atoms with Crippen LogP contribution in [0.25, 0.3) is 0 Å². The maximum absolute atomic E-state index is 8.35. The van der Waals surface area contributed by atoms with Gasteiger partial charge in [0.05, 0.1) is 0 Å². The van der Waals surface area contributed by atoms with Crippen molar-refractivity contribution in [1.29, 1.82) is 5.26 Å². The van der Waals surface area contributed by atoms with Crippen molar-refractivity contribution in [3.8, 4) is 11.8 Å². The number of hydrogen-bond donors (Lipinski definition) is 0. The lowest BCUT2D eigenvalue weighted by Crippen LogP contribution is -1.96. The lowest BCUT2D eigenvalue weighted by Gasteiger charge is -2.06. The highest BCUT2D eigenvalue weighted by Gasteiger charge is 1.99. The minimum atomic E-state index is 0.0914. The SMILES string of the molecule is C=CCc1ccccc1OCC#N. The number of para-hydroxylation sites is 1. The molecule has 0 N–H and O–H groups in total. The molecule has 0 saturated carbocycles. The van der Waals surface area contributed by atoms with Gasteiger partial charge in [0.25, 0.3) is 0 Å². The van der Waals surface area contributed by atoms with Crippen LogP contribution in [0.4, 0.5) is 0 Å². The van der Waals surface area contributed by atoms with E-state index in [2.05, 4.69) is 6.58 Å². The molecule has 0 radical (unpaired) electrons. The Hall–Kier alpha value is -1.75. The van der Waals surface area contributed by atoms with Crippen molar-refractivity contribution in [1.82, 2.24) is 0 Å². The zero-order valence-corrected chi connectivity index (χ0v) is 7.36. The van der Waals surface area contributed by atoms with E-state index in [0.29, 0.717) is 0 Å². The van der Waals surface area contributed by atoms with Gasteiger partial charge in [0.15, 0.2) is 6.61 Å². The third kappa shape index (κ3) is 2.64. The fourth-order valence-electron chi connectivity index (χ4n) is 1.08. The van der Waals surface area contributed by atoms with Crippen molar-refractivity contribution in [2.24, 2.45) is 0 Å². The summed E-state index contributed by atoms with van der Waals surface area (Å²) in [6.45, 7) is 3.75. The van der Waals surface area contributed by atoms with Gasteiger partial charge in [-0.2, -0.15) is 5.26 Å². The first-order valence-corrected chi connectivity index (χ1v) is 4.07. The molecule has 0 bridgehead atoms. The summed E-state index contributed by atoms with van der Waals surface area (Å²) in [5, 5.41) is 8.35. The van der Waals surface area contributed by atoms with E-state index < -0.39 is 0 Å². The molecule has 0 amide bonds. The fourth-order valence-corrected chi connectivity index (χ4v) is 1.08. The second-order valence-corrected chi connectivity index (χ2v) is 2.55. The van der Waals surface area contributed by atoms with Crippen molar-refractivity contribution < 1.29 is 4.74 Å². The molecule has 2 nitrogen and oxygen atoms in total. The van der Waals surface area contributed by atoms with Crippen LogP contribution in [0, 0.1) is 11.3 Å². The van der Waals surface area contributed by atoms with Crippen molar-refractivity contribution in [3.63, 3.8) is 0 Å². The molecule has 0 aromatic heterocycles. The topological polar surface area (TPSA) is 33.0 Å². The van der Waals surface area contributed by atoms with Crippen molar-refractivity contribution in [2.45, 2.75) is 6.42 Å². The highest BCUT2D eigenvalue weighted by atomic mass is 16.5. The Morgan fingerprint density at radius 1 is 1.46 bits per heavy atom. The van der Waals surface area contributed by atoms with Crippen LogP contribution in [0.2, 0.25) is 0 Å². The van der Waals surface area contributed by atoms with Crippen LogP contribution in [-0.2, 0) is 6.42 Å². The normalized spacial score (nSPS) is 8.85. The van der Waals surface area contributed by atoms with E-state index in [9.17, 15) is 0 Å². The van der Waals surface area contributed by atoms with Gasteiger partial charge in [-0.3, -0.25) is 0 Å². The predicted octanol–water partition coefficient (Wildman–Crippen LogP) is 2.32. The zero-order chi connectivity index (χ0) is 9.52. The molecule has 0 aliphatic carbocycles. The summed E-state index contributed by atoms with van der Waals surface area (Å²) < 4.78 is 5.23. The number of allylic oxidation sites excluding steroid dienone is 1. The summed E-state index contributed by atoms with van der Waals surface area (Å²) >= 11 is 0. The molecule has 66 valence electrons. The maximum atomic E-state index is 8.35. The van der Waals surface area contributed by atoms with Gasteiger partial charge < -0.3 is 4.74 Å². The van der Waals surface area contributed by atoms with Crippen molar-refractivity contribution >= 4 is 0 Å². The van der Waals surface area contributed by atoms with Crippen LogP contribution < -0.4 is 4.74 Å². The van der Waals surface area contributed by atoms with Gasteiger partial charge >= 0.3 is 0 Å². The molecule has 0 unspecified atom stereocenters. The average molecular weight is 173 g/mol. The van der Waals surface area contributed by atoms with Crippen molar-refractivity contribution in [3.05, 3.63) is 42.5 Å². The van der Waals surface area contributed by atoms with E-state index in [1.54, 1.807) is 0 Å². The number of nitriles is 1. The molecule has 0 saturated heterocycles. The number of rotatable bonds is 4. The highest BCUT2D eigenvalue weighted by molar-refractivity contribution is 5.34. The molecule has 0 atom stereocenters. The smallest absolute Gasteiger partial charge is 0.174 e. The largest absolute Gasteiger partial charge is 0.478 e. The van der Waals surface area contributed by atoms with E-state index in [0.717, 1.165) is 17.7 Å². The third-order valence-electron chi connectivity index (χ3n) is 1.63. The van der Waals surface area contributed by atoms with E-state index in [4.69, 9.17) is 10.00 Å². The monoisotopic (exact) mass is 173 g/mol. The Morgan fingerprint density at radius 2 is 2.23 bits per heavy atom. The number of nitrogens with zero attached hydrogens (tertiary/aromatic N) is 1. The lowest BCUT2D eigenvalue weighted by atomic mass is 10.1. The van der Waals surface area contributed by atoms with Gasteiger partial charge in [-0.05, 0) is 18.1 Å². The molecule has 13 heavy (non-hydrogen) atoms. The van der Waals surface area contributed by atoms with Crippen LogP contribution in [-0.4, -0.2) is 6.61 Å². The Bertz CT molecular complexity index is 325. The highest BCUT2D eigenvalue weighted by Crippen LogP contribution is 2.18. The first kappa shape index (κ1) is 9.34. The molecule has 0 heterocycles. The van der Waals surface area contributed by atoms with Gasteiger partial charge in [0.1, 0.15) is 11.8 Å². The fraction of sp³-hybridized carbons (Fsp3) is 0.182. The molecular weight excluding hydrogens is 162 g/mol. The van der Waals surface area contributed by atoms with Gasteiger partial charge in [-0.1, -0.05) is 24.3 Å². The lowest BCUT2D eigenvalue weighted by molar-refractivity contribution is 0.365. The minimum Gasteiger partial charge on any atom is -0.478 e. The molecule has 0 aliphatic heterocycles. The van der Waals surface area contributed by atoms with Crippen LogP contribution in [0.3, 0.4) is 0 Å². The Balaban J connectivity index is 2.78. The van der Waals surface area contributed by atoms with E-state index >= 15 is 0 Å². The van der Waals surface area contributed by atoms with Gasteiger partial charge in [0, 0.05) is 0 Å². The van der Waals surface area contributed by atoms with Crippen LogP contribution in [0.5, 0.6) is 5.75 Å². The first-order chi connectivity index (χ1) is 6.38. The van der Waals surface area contributed by atoms with E-state index in [1.165, 1.54) is 0 Å². The summed E-state index contributed by atoms with van der Waals surface area (Å²) in [6, 6.07) is 9.59. The maximum Gasteiger partial charge on any atom is 0.174 e. The number of ether oxygens (including phenoxy) is 1. The second-order valence-electron chi connectivity index (χ2n) is 2.55. The summed E-state index contributed by atoms with van der Waals surface area (Å²) in [7, 11) is 0. The van der Waals surface area contributed by atoms with E-state index in [-0.39, 0.29) is 6.61 Å².